The molecule has 0 spiro atoms. The SMILES string of the molecule is Cc1ccc(C(=O)NC2CCC(C)NC2C)c(O)c1. The maximum Gasteiger partial charge on any atom is 0.255 e. The molecular formula is C15H22N2O2. The molecule has 0 aliphatic carbocycles. The van der Waals surface area contributed by atoms with Crippen molar-refractivity contribution in [2.24, 2.45) is 0 Å². The Balaban J connectivity index is 2.04. The zero-order valence-corrected chi connectivity index (χ0v) is 11.7. The second-order valence-electron chi connectivity index (χ2n) is 5.53. The first-order chi connectivity index (χ1) is 8.97. The minimum Gasteiger partial charge on any atom is -0.507 e. The van der Waals surface area contributed by atoms with E-state index < -0.39 is 0 Å². The van der Waals surface area contributed by atoms with Crippen LogP contribution in [-0.4, -0.2) is 29.1 Å². The molecular weight excluding hydrogens is 240 g/mol. The van der Waals surface area contributed by atoms with Gasteiger partial charge in [-0.15, -0.1) is 0 Å². The molecule has 104 valence electrons. The summed E-state index contributed by atoms with van der Waals surface area (Å²) in [5.41, 5.74) is 1.28. The van der Waals surface area contributed by atoms with Crippen molar-refractivity contribution >= 4 is 5.91 Å². The van der Waals surface area contributed by atoms with Gasteiger partial charge in [0.25, 0.3) is 5.91 Å². The molecule has 1 aliphatic rings. The molecule has 4 nitrogen and oxygen atoms in total. The lowest BCUT2D eigenvalue weighted by Gasteiger charge is -2.34. The lowest BCUT2D eigenvalue weighted by molar-refractivity contribution is 0.0911. The van der Waals surface area contributed by atoms with Gasteiger partial charge >= 0.3 is 0 Å². The number of aromatic hydroxyl groups is 1. The van der Waals surface area contributed by atoms with Gasteiger partial charge < -0.3 is 15.7 Å². The van der Waals surface area contributed by atoms with Gasteiger partial charge in [-0.05, 0) is 51.3 Å². The lowest BCUT2D eigenvalue weighted by Crippen LogP contribution is -2.54. The number of benzene rings is 1. The number of phenolic OH excluding ortho intramolecular Hbond substituents is 1. The molecule has 1 heterocycles. The molecule has 1 aromatic rings. The smallest absolute Gasteiger partial charge is 0.255 e. The van der Waals surface area contributed by atoms with Crippen molar-refractivity contribution in [3.8, 4) is 5.75 Å². The number of hydrogen-bond donors (Lipinski definition) is 3. The number of hydrogen-bond acceptors (Lipinski definition) is 3. The van der Waals surface area contributed by atoms with Crippen LogP contribution in [0.5, 0.6) is 5.75 Å². The van der Waals surface area contributed by atoms with E-state index in [-0.39, 0.29) is 23.7 Å². The fourth-order valence-corrected chi connectivity index (χ4v) is 2.60. The number of amides is 1. The number of carbonyl (C=O) groups excluding carboxylic acids is 1. The number of aryl methyl sites for hydroxylation is 1. The summed E-state index contributed by atoms with van der Waals surface area (Å²) in [5, 5.41) is 16.3. The van der Waals surface area contributed by atoms with Gasteiger partial charge in [-0.3, -0.25) is 4.79 Å². The highest BCUT2D eigenvalue weighted by Gasteiger charge is 2.26. The third-order valence-corrected chi connectivity index (χ3v) is 3.78. The molecule has 2 rings (SSSR count). The van der Waals surface area contributed by atoms with Gasteiger partial charge in [0, 0.05) is 18.1 Å². The third kappa shape index (κ3) is 3.26. The standard InChI is InChI=1S/C15H22N2O2/c1-9-4-6-12(14(18)8-9)15(19)17-13-7-5-10(2)16-11(13)3/h4,6,8,10-11,13,16,18H,5,7H2,1-3H3,(H,17,19). The van der Waals surface area contributed by atoms with Gasteiger partial charge in [-0.2, -0.15) is 0 Å². The van der Waals surface area contributed by atoms with Crippen molar-refractivity contribution < 1.29 is 9.90 Å². The first-order valence-corrected chi connectivity index (χ1v) is 6.84. The van der Waals surface area contributed by atoms with E-state index in [9.17, 15) is 9.90 Å². The highest BCUT2D eigenvalue weighted by molar-refractivity contribution is 5.97. The maximum atomic E-state index is 12.2. The third-order valence-electron chi connectivity index (χ3n) is 3.78. The van der Waals surface area contributed by atoms with Crippen molar-refractivity contribution in [1.82, 2.24) is 10.6 Å². The predicted molar refractivity (Wildman–Crippen MR) is 75.4 cm³/mol. The Labute approximate surface area is 114 Å². The van der Waals surface area contributed by atoms with Gasteiger partial charge in [0.05, 0.1) is 5.56 Å². The molecule has 3 unspecified atom stereocenters. The topological polar surface area (TPSA) is 61.4 Å². The molecule has 0 radical (unpaired) electrons. The zero-order chi connectivity index (χ0) is 14.0. The van der Waals surface area contributed by atoms with Gasteiger partial charge in [0.15, 0.2) is 0 Å². The second-order valence-corrected chi connectivity index (χ2v) is 5.53. The monoisotopic (exact) mass is 262 g/mol. The summed E-state index contributed by atoms with van der Waals surface area (Å²) in [6, 6.07) is 5.98. The number of piperidine rings is 1. The van der Waals surface area contributed by atoms with Crippen LogP contribution in [0.1, 0.15) is 42.6 Å². The molecule has 3 N–H and O–H groups in total. The van der Waals surface area contributed by atoms with Crippen LogP contribution in [0.25, 0.3) is 0 Å². The summed E-state index contributed by atoms with van der Waals surface area (Å²) in [4.78, 5) is 12.2. The summed E-state index contributed by atoms with van der Waals surface area (Å²) in [7, 11) is 0. The van der Waals surface area contributed by atoms with Crippen LogP contribution in [0, 0.1) is 6.92 Å². The van der Waals surface area contributed by atoms with Crippen molar-refractivity contribution in [2.45, 2.75) is 51.7 Å². The van der Waals surface area contributed by atoms with E-state index in [1.165, 1.54) is 0 Å². The van der Waals surface area contributed by atoms with E-state index in [2.05, 4.69) is 24.5 Å². The van der Waals surface area contributed by atoms with Crippen LogP contribution >= 0.6 is 0 Å². The zero-order valence-electron chi connectivity index (χ0n) is 11.7. The predicted octanol–water partition coefficient (Wildman–Crippen LogP) is 1.96. The van der Waals surface area contributed by atoms with Gasteiger partial charge in [0.1, 0.15) is 5.75 Å². The summed E-state index contributed by atoms with van der Waals surface area (Å²) < 4.78 is 0. The molecule has 0 saturated carbocycles. The Hall–Kier alpha value is -1.55. The second kappa shape index (κ2) is 5.61. The Kier molecular flexibility index (Phi) is 4.10. The molecule has 4 heteroatoms. The molecule has 1 fully saturated rings. The van der Waals surface area contributed by atoms with E-state index in [1.807, 2.05) is 13.0 Å². The van der Waals surface area contributed by atoms with Crippen LogP contribution in [0.3, 0.4) is 0 Å². The quantitative estimate of drug-likeness (QED) is 0.763. The summed E-state index contributed by atoms with van der Waals surface area (Å²) in [6.07, 6.45) is 2.02. The van der Waals surface area contributed by atoms with E-state index in [4.69, 9.17) is 0 Å². The fraction of sp³-hybridized carbons (Fsp3) is 0.533. The van der Waals surface area contributed by atoms with E-state index >= 15 is 0 Å². The van der Waals surface area contributed by atoms with Crippen molar-refractivity contribution in [2.75, 3.05) is 0 Å². The molecule has 19 heavy (non-hydrogen) atoms. The van der Waals surface area contributed by atoms with Crippen LogP contribution in [0.15, 0.2) is 18.2 Å². The van der Waals surface area contributed by atoms with Gasteiger partial charge in [-0.1, -0.05) is 6.07 Å². The van der Waals surface area contributed by atoms with E-state index in [0.717, 1.165) is 18.4 Å². The molecule has 0 aromatic heterocycles. The Bertz CT molecular complexity index is 473. The maximum absolute atomic E-state index is 12.2. The van der Waals surface area contributed by atoms with Crippen molar-refractivity contribution in [1.29, 1.82) is 0 Å². The largest absolute Gasteiger partial charge is 0.507 e. The summed E-state index contributed by atoms with van der Waals surface area (Å²) >= 11 is 0. The average Bonchev–Trinajstić information content (AvgIpc) is 2.32. The number of carbonyl (C=O) groups is 1. The van der Waals surface area contributed by atoms with Crippen molar-refractivity contribution in [3.63, 3.8) is 0 Å². The van der Waals surface area contributed by atoms with Crippen LogP contribution in [0.2, 0.25) is 0 Å². The Morgan fingerprint density at radius 1 is 1.37 bits per heavy atom. The first-order valence-electron chi connectivity index (χ1n) is 6.84. The van der Waals surface area contributed by atoms with Crippen molar-refractivity contribution in [3.05, 3.63) is 29.3 Å². The highest BCUT2D eigenvalue weighted by atomic mass is 16.3. The molecule has 3 atom stereocenters. The molecule has 0 bridgehead atoms. The number of nitrogens with one attached hydrogen (secondary N) is 2. The Morgan fingerprint density at radius 3 is 2.74 bits per heavy atom. The molecule has 1 saturated heterocycles. The van der Waals surface area contributed by atoms with E-state index in [1.54, 1.807) is 12.1 Å². The highest BCUT2D eigenvalue weighted by Crippen LogP contribution is 2.20. The van der Waals surface area contributed by atoms with Crippen LogP contribution in [0.4, 0.5) is 0 Å². The summed E-state index contributed by atoms with van der Waals surface area (Å²) in [6.45, 7) is 6.12. The Morgan fingerprint density at radius 2 is 2.11 bits per heavy atom. The summed E-state index contributed by atoms with van der Waals surface area (Å²) in [5.74, 6) is -0.159. The lowest BCUT2D eigenvalue weighted by atomic mass is 9.95. The molecule has 1 aromatic carbocycles. The van der Waals surface area contributed by atoms with Gasteiger partial charge in [0.2, 0.25) is 0 Å². The fourth-order valence-electron chi connectivity index (χ4n) is 2.60. The van der Waals surface area contributed by atoms with E-state index in [0.29, 0.717) is 11.6 Å². The minimum absolute atomic E-state index is 0.0438. The van der Waals surface area contributed by atoms with Crippen LogP contribution < -0.4 is 10.6 Å². The minimum atomic E-state index is -0.203. The number of rotatable bonds is 2. The molecule has 1 amide bonds. The molecule has 1 aliphatic heterocycles. The normalized spacial score (nSPS) is 27.0. The average molecular weight is 262 g/mol. The number of phenols is 1. The van der Waals surface area contributed by atoms with Gasteiger partial charge in [-0.25, -0.2) is 0 Å². The van der Waals surface area contributed by atoms with Crippen LogP contribution in [-0.2, 0) is 0 Å². The first kappa shape index (κ1) is 13.9.